The zero-order chi connectivity index (χ0) is 26.8. The van der Waals surface area contributed by atoms with Crippen LogP contribution in [0.4, 0.5) is 11.4 Å². The van der Waals surface area contributed by atoms with E-state index in [9.17, 15) is 18.0 Å². The molecule has 0 spiro atoms. The average molecular weight is 523 g/mol. The molecule has 9 heteroatoms. The molecule has 8 nitrogen and oxygen atoms in total. The summed E-state index contributed by atoms with van der Waals surface area (Å²) in [6.07, 6.45) is 1.52. The number of amides is 2. The predicted octanol–water partition coefficient (Wildman–Crippen LogP) is 4.60. The molecule has 0 saturated heterocycles. The van der Waals surface area contributed by atoms with Crippen molar-refractivity contribution in [2.24, 2.45) is 0 Å². The number of nitrogens with one attached hydrogen (secondary N) is 2. The molecule has 2 N–H and O–H groups in total. The van der Waals surface area contributed by atoms with Crippen molar-refractivity contribution in [3.63, 3.8) is 0 Å². The first-order valence-electron chi connectivity index (χ1n) is 12.4. The average Bonchev–Trinajstić information content (AvgIpc) is 2.93. The summed E-state index contributed by atoms with van der Waals surface area (Å²) in [7, 11) is -3.91. The monoisotopic (exact) mass is 522 g/mol. The Morgan fingerprint density at radius 3 is 1.95 bits per heavy atom. The number of benzene rings is 3. The van der Waals surface area contributed by atoms with Crippen molar-refractivity contribution in [2.75, 3.05) is 28.8 Å². The molecule has 0 radical (unpaired) electrons. The fourth-order valence-corrected chi connectivity index (χ4v) is 5.43. The molecule has 0 unspecified atom stereocenters. The molecule has 3 aromatic carbocycles. The Labute approximate surface area is 219 Å². The first-order chi connectivity index (χ1) is 17.8. The van der Waals surface area contributed by atoms with Gasteiger partial charge in [-0.15, -0.1) is 0 Å². The van der Waals surface area contributed by atoms with Crippen molar-refractivity contribution < 1.29 is 18.0 Å². The number of sulfonamides is 1. The molecular weight excluding hydrogens is 488 g/mol. The van der Waals surface area contributed by atoms with Gasteiger partial charge in [-0.2, -0.15) is 0 Å². The zero-order valence-electron chi connectivity index (χ0n) is 21.5. The fourth-order valence-electron chi connectivity index (χ4n) is 3.88. The molecule has 2 amide bonds. The Balaban J connectivity index is 1.73. The van der Waals surface area contributed by atoms with Crippen molar-refractivity contribution in [3.8, 4) is 0 Å². The Bertz CT molecular complexity index is 1290. The molecule has 0 heterocycles. The van der Waals surface area contributed by atoms with Crippen LogP contribution in [0.1, 0.15) is 54.3 Å². The lowest BCUT2D eigenvalue weighted by Gasteiger charge is -2.24. The van der Waals surface area contributed by atoms with Gasteiger partial charge in [-0.05, 0) is 74.9 Å². The second-order valence-electron chi connectivity index (χ2n) is 8.42. The lowest BCUT2D eigenvalue weighted by molar-refractivity contribution is 0.0846. The highest BCUT2D eigenvalue weighted by molar-refractivity contribution is 7.92. The number of anilines is 2. The number of unbranched alkanes of at least 4 members (excludes halogenated alkanes) is 1. The van der Waals surface area contributed by atoms with E-state index in [4.69, 9.17) is 0 Å². The highest BCUT2D eigenvalue weighted by Crippen LogP contribution is 2.25. The van der Waals surface area contributed by atoms with E-state index in [1.165, 1.54) is 28.6 Å². The van der Waals surface area contributed by atoms with E-state index in [2.05, 4.69) is 29.6 Å². The third-order valence-electron chi connectivity index (χ3n) is 5.99. The zero-order valence-corrected chi connectivity index (χ0v) is 22.3. The number of hydrazine groups is 1. The molecule has 0 aromatic heterocycles. The summed E-state index contributed by atoms with van der Waals surface area (Å²) >= 11 is 0. The van der Waals surface area contributed by atoms with Crippen LogP contribution in [0.2, 0.25) is 0 Å². The summed E-state index contributed by atoms with van der Waals surface area (Å²) in [5.41, 5.74) is 6.84. The maximum atomic E-state index is 13.5. The minimum atomic E-state index is -3.91. The Hall–Kier alpha value is -3.85. The highest BCUT2D eigenvalue weighted by Gasteiger charge is 2.25. The second kappa shape index (κ2) is 12.9. The van der Waals surface area contributed by atoms with Crippen LogP contribution in [0.3, 0.4) is 0 Å². The van der Waals surface area contributed by atoms with Gasteiger partial charge in [-0.25, -0.2) is 8.42 Å². The Morgan fingerprint density at radius 2 is 1.35 bits per heavy atom. The van der Waals surface area contributed by atoms with Gasteiger partial charge in [0.1, 0.15) is 0 Å². The number of para-hydroxylation sites is 1. The number of carbonyl (C=O) groups excluding carboxylic acids is 2. The lowest BCUT2D eigenvalue weighted by Crippen LogP contribution is -2.41. The van der Waals surface area contributed by atoms with Gasteiger partial charge in [0.25, 0.3) is 21.8 Å². The van der Waals surface area contributed by atoms with Gasteiger partial charge in [-0.3, -0.25) is 24.7 Å². The van der Waals surface area contributed by atoms with E-state index in [0.717, 1.165) is 25.2 Å². The van der Waals surface area contributed by atoms with Crippen LogP contribution in [0.15, 0.2) is 83.8 Å². The van der Waals surface area contributed by atoms with Crippen LogP contribution in [-0.4, -0.2) is 39.9 Å². The Morgan fingerprint density at radius 1 is 0.730 bits per heavy atom. The molecule has 0 fully saturated rings. The number of hydrogen-bond acceptors (Lipinski definition) is 5. The number of rotatable bonds is 11. The van der Waals surface area contributed by atoms with Crippen molar-refractivity contribution in [1.82, 2.24) is 10.9 Å². The third-order valence-corrected chi connectivity index (χ3v) is 7.81. The normalized spacial score (nSPS) is 11.0. The molecule has 0 atom stereocenters. The standard InChI is InChI=1S/C28H34N4O4S/c1-4-7-20-32(25-13-9-8-10-14-25)37(35,36)26-15-11-12-23(21-26)28(34)30-29-27(33)22-16-18-24(19-17-22)31(5-2)6-3/h8-19,21H,4-7,20H2,1-3H3,(H,29,33)(H,30,34). The lowest BCUT2D eigenvalue weighted by atomic mass is 10.2. The van der Waals surface area contributed by atoms with E-state index in [-0.39, 0.29) is 10.5 Å². The topological polar surface area (TPSA) is 98.8 Å². The quantitative estimate of drug-likeness (QED) is 0.359. The van der Waals surface area contributed by atoms with E-state index in [1.807, 2.05) is 25.1 Å². The summed E-state index contributed by atoms with van der Waals surface area (Å²) in [6.45, 7) is 8.15. The first-order valence-corrected chi connectivity index (χ1v) is 13.9. The van der Waals surface area contributed by atoms with Crippen LogP contribution < -0.4 is 20.1 Å². The number of carbonyl (C=O) groups is 2. The largest absolute Gasteiger partial charge is 0.372 e. The molecule has 0 aliphatic rings. The van der Waals surface area contributed by atoms with Gasteiger partial charge in [-0.1, -0.05) is 37.6 Å². The van der Waals surface area contributed by atoms with Gasteiger partial charge >= 0.3 is 0 Å². The summed E-state index contributed by atoms with van der Waals surface area (Å²) in [5, 5.41) is 0. The summed E-state index contributed by atoms with van der Waals surface area (Å²) in [5.74, 6) is -1.09. The smallest absolute Gasteiger partial charge is 0.269 e. The third kappa shape index (κ3) is 6.89. The number of nitrogens with zero attached hydrogens (tertiary/aromatic N) is 2. The van der Waals surface area contributed by atoms with E-state index < -0.39 is 21.8 Å². The van der Waals surface area contributed by atoms with Crippen LogP contribution in [-0.2, 0) is 10.0 Å². The van der Waals surface area contributed by atoms with E-state index in [0.29, 0.717) is 24.2 Å². The van der Waals surface area contributed by atoms with Crippen molar-refractivity contribution in [2.45, 2.75) is 38.5 Å². The van der Waals surface area contributed by atoms with E-state index >= 15 is 0 Å². The molecule has 0 aliphatic heterocycles. The summed E-state index contributed by atoms with van der Waals surface area (Å²) < 4.78 is 28.4. The van der Waals surface area contributed by atoms with Crippen molar-refractivity contribution in [1.29, 1.82) is 0 Å². The Kier molecular flexibility index (Phi) is 9.68. The fraction of sp³-hybridized carbons (Fsp3) is 0.286. The molecule has 0 bridgehead atoms. The molecule has 0 aliphatic carbocycles. The minimum Gasteiger partial charge on any atom is -0.372 e. The van der Waals surface area contributed by atoms with Gasteiger partial charge in [0.05, 0.1) is 10.6 Å². The van der Waals surface area contributed by atoms with Gasteiger partial charge in [0.2, 0.25) is 0 Å². The molecule has 196 valence electrons. The van der Waals surface area contributed by atoms with Gasteiger partial charge in [0, 0.05) is 36.4 Å². The molecule has 3 aromatic rings. The maximum absolute atomic E-state index is 13.5. The molecule has 0 saturated carbocycles. The summed E-state index contributed by atoms with van der Waals surface area (Å²) in [6, 6.07) is 21.8. The van der Waals surface area contributed by atoms with Crippen molar-refractivity contribution >= 4 is 33.2 Å². The number of hydrogen-bond donors (Lipinski definition) is 2. The molecule has 37 heavy (non-hydrogen) atoms. The highest BCUT2D eigenvalue weighted by atomic mass is 32.2. The minimum absolute atomic E-state index is 0.00146. The van der Waals surface area contributed by atoms with Crippen LogP contribution in [0, 0.1) is 0 Å². The van der Waals surface area contributed by atoms with Crippen LogP contribution in [0.25, 0.3) is 0 Å². The van der Waals surface area contributed by atoms with Crippen LogP contribution in [0.5, 0.6) is 0 Å². The van der Waals surface area contributed by atoms with E-state index in [1.54, 1.807) is 36.4 Å². The van der Waals surface area contributed by atoms with Gasteiger partial charge < -0.3 is 4.90 Å². The predicted molar refractivity (Wildman–Crippen MR) is 147 cm³/mol. The second-order valence-corrected chi connectivity index (χ2v) is 10.3. The maximum Gasteiger partial charge on any atom is 0.269 e. The molecule has 3 rings (SSSR count). The first kappa shape index (κ1) is 27.7. The molecular formula is C28H34N4O4S. The van der Waals surface area contributed by atoms with Crippen molar-refractivity contribution in [3.05, 3.63) is 90.0 Å². The SMILES string of the molecule is CCCCN(c1ccccc1)S(=O)(=O)c1cccc(C(=O)NNC(=O)c2ccc(N(CC)CC)cc2)c1. The summed E-state index contributed by atoms with van der Waals surface area (Å²) in [4.78, 5) is 27.4. The van der Waals surface area contributed by atoms with Crippen LogP contribution >= 0.6 is 0 Å². The van der Waals surface area contributed by atoms with Gasteiger partial charge in [0.15, 0.2) is 0 Å².